The fourth-order valence-electron chi connectivity index (χ4n) is 1.48. The molecule has 0 aromatic rings. The van der Waals surface area contributed by atoms with Crippen molar-refractivity contribution in [1.29, 1.82) is 0 Å². The van der Waals surface area contributed by atoms with Crippen molar-refractivity contribution >= 4 is 11.7 Å². The van der Waals surface area contributed by atoms with Gasteiger partial charge in [-0.15, -0.1) is 0 Å². The summed E-state index contributed by atoms with van der Waals surface area (Å²) in [6.45, 7) is -2.44. The third-order valence-corrected chi connectivity index (χ3v) is 2.08. The average Bonchev–Trinajstić information content (AvgIpc) is 2.44. The molecule has 12 heavy (non-hydrogen) atoms. The van der Waals surface area contributed by atoms with Crippen molar-refractivity contribution in [1.82, 2.24) is 4.90 Å². The van der Waals surface area contributed by atoms with Crippen LogP contribution in [0.1, 0.15) is 4.11 Å². The molecule has 0 saturated carbocycles. The van der Waals surface area contributed by atoms with Crippen LogP contribution in [0.3, 0.4) is 0 Å². The summed E-state index contributed by atoms with van der Waals surface area (Å²) < 4.78 is 21.5. The quantitative estimate of drug-likeness (QED) is 0.480. The fraction of sp³-hybridized carbons (Fsp3) is 0.333. The number of likely N-dealkylation sites (N-methyl/N-ethyl adjacent to an activating group) is 1. The zero-order valence-electron chi connectivity index (χ0n) is 9.28. The lowest BCUT2D eigenvalue weighted by atomic mass is 9.93. The third kappa shape index (κ3) is 0.826. The molecule has 0 aromatic heterocycles. The molecule has 1 unspecified atom stereocenters. The van der Waals surface area contributed by atoms with Crippen molar-refractivity contribution < 1.29 is 13.7 Å². The van der Waals surface area contributed by atoms with Crippen molar-refractivity contribution in [3.05, 3.63) is 23.8 Å². The molecular formula is C9H9NO2. The molecule has 0 aromatic carbocycles. The van der Waals surface area contributed by atoms with Gasteiger partial charge >= 0.3 is 0 Å². The predicted molar refractivity (Wildman–Crippen MR) is 43.4 cm³/mol. The Morgan fingerprint density at radius 1 is 1.67 bits per heavy atom. The molecule has 1 amide bonds. The van der Waals surface area contributed by atoms with Gasteiger partial charge in [0.25, 0.3) is 0 Å². The number of amides is 1. The second kappa shape index (κ2) is 2.30. The van der Waals surface area contributed by atoms with Crippen molar-refractivity contribution in [2.45, 2.75) is 0 Å². The maximum absolute atomic E-state index is 11.7. The first kappa shape index (κ1) is 4.60. The zero-order chi connectivity index (χ0) is 11.2. The van der Waals surface area contributed by atoms with E-state index in [1.54, 1.807) is 12.2 Å². The van der Waals surface area contributed by atoms with E-state index in [1.165, 1.54) is 6.08 Å². The average molecular weight is 166 g/mol. The Hall–Kier alpha value is -1.38. The number of fused-ring (bicyclic) bond motifs is 1. The van der Waals surface area contributed by atoms with Crippen LogP contribution in [0.2, 0.25) is 0 Å². The first-order valence-corrected chi connectivity index (χ1v) is 3.64. The predicted octanol–water partition coefficient (Wildman–Crippen LogP) is 0.140. The second-order valence-electron chi connectivity index (χ2n) is 2.86. The minimum atomic E-state index is -2.46. The number of hydrogen-bond acceptors (Lipinski definition) is 2. The summed E-state index contributed by atoms with van der Waals surface area (Å²) >= 11 is 0. The lowest BCUT2D eigenvalue weighted by Crippen LogP contribution is -2.26. The highest BCUT2D eigenvalue weighted by Crippen LogP contribution is 2.26. The van der Waals surface area contributed by atoms with Crippen LogP contribution in [-0.2, 0) is 9.59 Å². The van der Waals surface area contributed by atoms with Crippen LogP contribution < -0.4 is 0 Å². The van der Waals surface area contributed by atoms with Gasteiger partial charge in [-0.2, -0.15) is 0 Å². The monoisotopic (exact) mass is 166 g/mol. The summed E-state index contributed by atoms with van der Waals surface area (Å²) in [7, 11) is 0. The highest BCUT2D eigenvalue weighted by atomic mass is 16.2. The van der Waals surface area contributed by atoms with E-state index in [-0.39, 0.29) is 12.3 Å². The molecule has 0 radical (unpaired) electrons. The summed E-state index contributed by atoms with van der Waals surface area (Å²) in [5.41, 5.74) is 0.573. The number of hydrogen-bond donors (Lipinski definition) is 0. The summed E-state index contributed by atoms with van der Waals surface area (Å²) in [4.78, 5) is 23.8. The van der Waals surface area contributed by atoms with E-state index in [0.29, 0.717) is 5.57 Å². The van der Waals surface area contributed by atoms with E-state index in [0.717, 1.165) is 4.90 Å². The molecule has 3 nitrogen and oxygen atoms in total. The van der Waals surface area contributed by atoms with Gasteiger partial charge in [0.15, 0.2) is 5.78 Å². The first-order valence-electron chi connectivity index (χ1n) is 5.14. The van der Waals surface area contributed by atoms with Crippen LogP contribution >= 0.6 is 0 Å². The Kier molecular flexibility index (Phi) is 0.882. The van der Waals surface area contributed by atoms with E-state index >= 15 is 0 Å². The second-order valence-corrected chi connectivity index (χ2v) is 2.86. The largest absolute Gasteiger partial charge is 0.341 e. The highest BCUT2D eigenvalue weighted by molar-refractivity contribution is 6.11. The van der Waals surface area contributed by atoms with Gasteiger partial charge in [0.1, 0.15) is 5.92 Å². The van der Waals surface area contributed by atoms with Gasteiger partial charge in [-0.25, -0.2) is 0 Å². The Morgan fingerprint density at radius 2 is 2.50 bits per heavy atom. The molecule has 1 heterocycles. The lowest BCUT2D eigenvalue weighted by molar-refractivity contribution is -0.133. The maximum Gasteiger partial charge on any atom is 0.237 e. The summed E-state index contributed by atoms with van der Waals surface area (Å²) in [5.74, 6) is -1.84. The summed E-state index contributed by atoms with van der Waals surface area (Å²) in [6.07, 6.45) is 4.48. The van der Waals surface area contributed by atoms with E-state index in [2.05, 4.69) is 0 Å². The zero-order valence-corrected chi connectivity index (χ0v) is 6.28. The van der Waals surface area contributed by atoms with Crippen molar-refractivity contribution in [2.24, 2.45) is 5.92 Å². The van der Waals surface area contributed by atoms with Crippen LogP contribution in [0.5, 0.6) is 0 Å². The molecule has 0 N–H and O–H groups in total. The van der Waals surface area contributed by atoms with Crippen LogP contribution in [0.25, 0.3) is 0 Å². The molecule has 2 aliphatic rings. The van der Waals surface area contributed by atoms with Gasteiger partial charge in [0, 0.05) is 17.6 Å². The molecule has 1 fully saturated rings. The molecular weight excluding hydrogens is 154 g/mol. The number of allylic oxidation sites excluding steroid dienone is 3. The molecule has 62 valence electrons. The Balaban J connectivity index is 2.34. The highest BCUT2D eigenvalue weighted by Gasteiger charge is 2.38. The number of rotatable bonds is 0. The smallest absolute Gasteiger partial charge is 0.237 e. The Bertz CT molecular complexity index is 395. The molecule has 0 bridgehead atoms. The Labute approximate surface area is 74.6 Å². The summed E-state index contributed by atoms with van der Waals surface area (Å²) in [6, 6.07) is 0. The number of carbonyl (C=O) groups is 2. The van der Waals surface area contributed by atoms with Gasteiger partial charge in [-0.05, 0) is 11.6 Å². The van der Waals surface area contributed by atoms with Gasteiger partial charge in [-0.1, -0.05) is 12.2 Å². The van der Waals surface area contributed by atoms with Crippen LogP contribution in [0.4, 0.5) is 0 Å². The number of likely N-dealkylation sites (tertiary alicyclic amines) is 1. The topological polar surface area (TPSA) is 37.4 Å². The van der Waals surface area contributed by atoms with E-state index < -0.39 is 18.8 Å². The standard InChI is InChI=1S/C9H9NO2/c1-10-5-6-3-2-4-7(11)8(6)9(10)12/h2-4,8H,5H2,1H3/i1D3. The van der Waals surface area contributed by atoms with E-state index in [9.17, 15) is 9.59 Å². The Morgan fingerprint density at radius 3 is 3.17 bits per heavy atom. The van der Waals surface area contributed by atoms with Crippen molar-refractivity contribution in [2.75, 3.05) is 13.5 Å². The SMILES string of the molecule is [2H]C([2H])([2H])N1CC2=CC=CC(=O)C2C1=O. The lowest BCUT2D eigenvalue weighted by Gasteiger charge is -2.07. The van der Waals surface area contributed by atoms with Crippen LogP contribution in [0, 0.1) is 5.92 Å². The first-order chi connectivity index (χ1) is 6.91. The number of ketones is 1. The molecule has 1 saturated heterocycles. The van der Waals surface area contributed by atoms with Crippen molar-refractivity contribution in [3.63, 3.8) is 0 Å². The van der Waals surface area contributed by atoms with Crippen LogP contribution in [0.15, 0.2) is 23.8 Å². The van der Waals surface area contributed by atoms with E-state index in [4.69, 9.17) is 4.11 Å². The molecule has 3 heteroatoms. The molecule has 1 aliphatic carbocycles. The maximum atomic E-state index is 11.7. The number of carbonyl (C=O) groups excluding carboxylic acids is 2. The van der Waals surface area contributed by atoms with E-state index in [1.807, 2.05) is 0 Å². The minimum Gasteiger partial charge on any atom is -0.341 e. The number of nitrogens with zero attached hydrogens (tertiary/aromatic N) is 1. The normalized spacial score (nSPS) is 32.3. The summed E-state index contributed by atoms with van der Waals surface area (Å²) in [5, 5.41) is 0. The van der Waals surface area contributed by atoms with Crippen LogP contribution in [-0.4, -0.2) is 30.1 Å². The van der Waals surface area contributed by atoms with Crippen molar-refractivity contribution in [3.8, 4) is 0 Å². The minimum absolute atomic E-state index is 0.0239. The fourth-order valence-corrected chi connectivity index (χ4v) is 1.48. The molecule has 2 rings (SSSR count). The molecule has 1 aliphatic heterocycles. The van der Waals surface area contributed by atoms with Gasteiger partial charge in [0.2, 0.25) is 5.91 Å². The molecule has 1 atom stereocenters. The third-order valence-electron chi connectivity index (χ3n) is 2.08. The van der Waals surface area contributed by atoms with Gasteiger partial charge in [0.05, 0.1) is 0 Å². The molecule has 0 spiro atoms. The van der Waals surface area contributed by atoms with Gasteiger partial charge in [-0.3, -0.25) is 9.59 Å². The van der Waals surface area contributed by atoms with Gasteiger partial charge < -0.3 is 4.90 Å².